The van der Waals surface area contributed by atoms with E-state index in [1.807, 2.05) is 0 Å². The predicted molar refractivity (Wildman–Crippen MR) is 58.1 cm³/mol. The van der Waals surface area contributed by atoms with E-state index in [2.05, 4.69) is 24.5 Å². The maximum atomic E-state index is 11.3. The first-order valence-electron chi connectivity index (χ1n) is 5.76. The zero-order chi connectivity index (χ0) is 10.4. The summed E-state index contributed by atoms with van der Waals surface area (Å²) in [7, 11) is 0. The van der Waals surface area contributed by atoms with Gasteiger partial charge in [0.2, 0.25) is 5.91 Å². The maximum absolute atomic E-state index is 11.3. The second-order valence-electron chi connectivity index (χ2n) is 4.16. The quantitative estimate of drug-likeness (QED) is 0.647. The summed E-state index contributed by atoms with van der Waals surface area (Å²) in [6, 6.07) is 0.484. The molecule has 0 heterocycles. The summed E-state index contributed by atoms with van der Waals surface area (Å²) >= 11 is 0. The smallest absolute Gasteiger partial charge is 0.234 e. The van der Waals surface area contributed by atoms with Crippen LogP contribution >= 0.6 is 0 Å². The van der Waals surface area contributed by atoms with Crippen LogP contribution in [0.3, 0.4) is 0 Å². The monoisotopic (exact) mass is 198 g/mol. The van der Waals surface area contributed by atoms with Crippen molar-refractivity contribution < 1.29 is 4.79 Å². The van der Waals surface area contributed by atoms with Crippen LogP contribution in [-0.2, 0) is 4.79 Å². The molecule has 1 saturated carbocycles. The molecule has 82 valence electrons. The zero-order valence-corrected chi connectivity index (χ0v) is 9.31. The van der Waals surface area contributed by atoms with Crippen molar-refractivity contribution in [1.29, 1.82) is 0 Å². The molecule has 0 aliphatic heterocycles. The molecule has 1 amide bonds. The van der Waals surface area contributed by atoms with Crippen LogP contribution in [0.15, 0.2) is 0 Å². The fourth-order valence-corrected chi connectivity index (χ4v) is 1.47. The van der Waals surface area contributed by atoms with Crippen molar-refractivity contribution in [3.05, 3.63) is 0 Å². The number of hydrogen-bond donors (Lipinski definition) is 2. The molecule has 0 spiro atoms. The van der Waals surface area contributed by atoms with E-state index in [1.165, 1.54) is 12.8 Å². The Morgan fingerprint density at radius 3 is 2.50 bits per heavy atom. The molecule has 0 aromatic carbocycles. The summed E-state index contributed by atoms with van der Waals surface area (Å²) in [6.45, 7) is 5.83. The van der Waals surface area contributed by atoms with Crippen LogP contribution in [0.5, 0.6) is 0 Å². The molecule has 0 radical (unpaired) electrons. The van der Waals surface area contributed by atoms with E-state index in [0.29, 0.717) is 18.5 Å². The highest BCUT2D eigenvalue weighted by atomic mass is 16.2. The molecule has 0 aromatic rings. The third-order valence-corrected chi connectivity index (χ3v) is 2.82. The number of carbonyl (C=O) groups is 1. The van der Waals surface area contributed by atoms with Gasteiger partial charge < -0.3 is 10.6 Å². The summed E-state index contributed by atoms with van der Waals surface area (Å²) in [5.74, 6) is 0.863. The van der Waals surface area contributed by atoms with Crippen LogP contribution in [0.1, 0.15) is 39.5 Å². The lowest BCUT2D eigenvalue weighted by Crippen LogP contribution is -2.36. The van der Waals surface area contributed by atoms with Gasteiger partial charge in [0.05, 0.1) is 6.54 Å². The minimum atomic E-state index is 0.151. The van der Waals surface area contributed by atoms with E-state index in [9.17, 15) is 4.79 Å². The first-order chi connectivity index (χ1) is 6.76. The molecule has 0 saturated heterocycles. The number of amides is 1. The van der Waals surface area contributed by atoms with Gasteiger partial charge in [0.15, 0.2) is 0 Å². The zero-order valence-electron chi connectivity index (χ0n) is 9.31. The van der Waals surface area contributed by atoms with Gasteiger partial charge >= 0.3 is 0 Å². The van der Waals surface area contributed by atoms with Gasteiger partial charge in [-0.3, -0.25) is 4.79 Å². The molecule has 2 N–H and O–H groups in total. The Hall–Kier alpha value is -0.570. The number of carbonyl (C=O) groups excluding carboxylic acids is 1. The second-order valence-corrected chi connectivity index (χ2v) is 4.16. The van der Waals surface area contributed by atoms with E-state index in [4.69, 9.17) is 0 Å². The van der Waals surface area contributed by atoms with Gasteiger partial charge in [-0.1, -0.05) is 26.7 Å². The predicted octanol–water partition coefficient (Wildman–Crippen LogP) is 1.29. The lowest BCUT2D eigenvalue weighted by molar-refractivity contribution is -0.120. The van der Waals surface area contributed by atoms with Gasteiger partial charge in [0.25, 0.3) is 0 Å². The minimum Gasteiger partial charge on any atom is -0.352 e. The Labute approximate surface area is 86.6 Å². The Morgan fingerprint density at radius 2 is 2.00 bits per heavy atom. The van der Waals surface area contributed by atoms with Crippen molar-refractivity contribution in [2.75, 3.05) is 13.1 Å². The highest BCUT2D eigenvalue weighted by Gasteiger charge is 2.22. The SMILES string of the molecule is CCC(CC)CNCC(=O)NC1CC1. The minimum absolute atomic E-state index is 0.151. The highest BCUT2D eigenvalue weighted by Crippen LogP contribution is 2.18. The molecule has 1 rings (SSSR count). The molecule has 0 aromatic heterocycles. The van der Waals surface area contributed by atoms with Crippen LogP contribution in [-0.4, -0.2) is 25.0 Å². The second kappa shape index (κ2) is 6.02. The molecule has 0 unspecified atom stereocenters. The number of rotatable bonds is 7. The third-order valence-electron chi connectivity index (χ3n) is 2.82. The average Bonchev–Trinajstić information content (AvgIpc) is 2.96. The Kier molecular flexibility index (Phi) is 4.94. The van der Waals surface area contributed by atoms with Crippen molar-refractivity contribution in [3.63, 3.8) is 0 Å². The summed E-state index contributed by atoms with van der Waals surface area (Å²) in [6.07, 6.45) is 4.71. The largest absolute Gasteiger partial charge is 0.352 e. The van der Waals surface area contributed by atoms with Gasteiger partial charge in [-0.05, 0) is 25.3 Å². The Balaban J connectivity index is 1.98. The van der Waals surface area contributed by atoms with Crippen molar-refractivity contribution >= 4 is 5.91 Å². The summed E-state index contributed by atoms with van der Waals surface area (Å²) in [5.41, 5.74) is 0. The number of hydrogen-bond acceptors (Lipinski definition) is 2. The molecule has 14 heavy (non-hydrogen) atoms. The molecule has 1 fully saturated rings. The van der Waals surface area contributed by atoms with Crippen molar-refractivity contribution in [2.24, 2.45) is 5.92 Å². The topological polar surface area (TPSA) is 41.1 Å². The van der Waals surface area contributed by atoms with Crippen LogP contribution in [0, 0.1) is 5.92 Å². The van der Waals surface area contributed by atoms with Gasteiger partial charge in [-0.25, -0.2) is 0 Å². The first kappa shape index (κ1) is 11.5. The van der Waals surface area contributed by atoms with Gasteiger partial charge in [0, 0.05) is 6.04 Å². The molecule has 0 bridgehead atoms. The van der Waals surface area contributed by atoms with Crippen LogP contribution in [0.2, 0.25) is 0 Å². The van der Waals surface area contributed by atoms with Crippen molar-refractivity contribution in [2.45, 2.75) is 45.6 Å². The van der Waals surface area contributed by atoms with E-state index >= 15 is 0 Å². The molecule has 1 aliphatic rings. The van der Waals surface area contributed by atoms with Gasteiger partial charge in [-0.15, -0.1) is 0 Å². The van der Waals surface area contributed by atoms with Crippen LogP contribution in [0.25, 0.3) is 0 Å². The van der Waals surface area contributed by atoms with Crippen LogP contribution < -0.4 is 10.6 Å². The fourth-order valence-electron chi connectivity index (χ4n) is 1.47. The molecule has 3 heteroatoms. The van der Waals surface area contributed by atoms with Crippen molar-refractivity contribution in [3.8, 4) is 0 Å². The molecular formula is C11H22N2O. The summed E-state index contributed by atoms with van der Waals surface area (Å²) < 4.78 is 0. The third kappa shape index (κ3) is 4.61. The molecule has 0 atom stereocenters. The average molecular weight is 198 g/mol. The maximum Gasteiger partial charge on any atom is 0.234 e. The fraction of sp³-hybridized carbons (Fsp3) is 0.909. The normalized spacial score (nSPS) is 15.9. The molecule has 1 aliphatic carbocycles. The molecular weight excluding hydrogens is 176 g/mol. The summed E-state index contributed by atoms with van der Waals surface area (Å²) in [5, 5.41) is 6.17. The lowest BCUT2D eigenvalue weighted by atomic mass is 10.0. The Morgan fingerprint density at radius 1 is 1.36 bits per heavy atom. The lowest BCUT2D eigenvalue weighted by Gasteiger charge is -2.12. The van der Waals surface area contributed by atoms with E-state index in [1.54, 1.807) is 0 Å². The van der Waals surface area contributed by atoms with Gasteiger partial charge in [0.1, 0.15) is 0 Å². The standard InChI is InChI=1S/C11H22N2O/c1-3-9(4-2)7-12-8-11(14)13-10-5-6-10/h9-10,12H,3-8H2,1-2H3,(H,13,14). The van der Waals surface area contributed by atoms with E-state index in [0.717, 1.165) is 19.4 Å². The Bertz CT molecular complexity index is 174. The van der Waals surface area contributed by atoms with E-state index in [-0.39, 0.29) is 5.91 Å². The van der Waals surface area contributed by atoms with Crippen molar-refractivity contribution in [1.82, 2.24) is 10.6 Å². The first-order valence-corrected chi connectivity index (χ1v) is 5.76. The molecule has 3 nitrogen and oxygen atoms in total. The van der Waals surface area contributed by atoms with Gasteiger partial charge in [-0.2, -0.15) is 0 Å². The number of nitrogens with one attached hydrogen (secondary N) is 2. The van der Waals surface area contributed by atoms with E-state index < -0.39 is 0 Å². The summed E-state index contributed by atoms with van der Waals surface area (Å²) in [4.78, 5) is 11.3. The highest BCUT2D eigenvalue weighted by molar-refractivity contribution is 5.78. The van der Waals surface area contributed by atoms with Crippen LogP contribution in [0.4, 0.5) is 0 Å².